The van der Waals surface area contributed by atoms with E-state index in [1.165, 1.54) is 30.9 Å². The number of esters is 2. The quantitative estimate of drug-likeness (QED) is 0.0619. The molecule has 12 heteroatoms. The minimum absolute atomic E-state index is 0.0732. The monoisotopic (exact) mass is 567 g/mol. The number of carbonyl (C=O) groups excluding carboxylic acids is 3. The Morgan fingerprint density at radius 1 is 0.878 bits per heavy atom. The molecule has 1 aliphatic rings. The van der Waals surface area contributed by atoms with Gasteiger partial charge in [0.1, 0.15) is 17.4 Å². The van der Waals surface area contributed by atoms with Crippen molar-refractivity contribution in [2.24, 2.45) is 4.99 Å². The molecule has 0 atom stereocenters. The number of furan rings is 2. The van der Waals surface area contributed by atoms with E-state index < -0.39 is 17.7 Å². The van der Waals surface area contributed by atoms with Crippen molar-refractivity contribution in [1.82, 2.24) is 0 Å². The molecule has 0 amide bonds. The molecule has 0 spiro atoms. The van der Waals surface area contributed by atoms with Crippen molar-refractivity contribution >= 4 is 35.4 Å². The van der Waals surface area contributed by atoms with Gasteiger partial charge in [-0.3, -0.25) is 9.79 Å². The van der Waals surface area contributed by atoms with E-state index in [2.05, 4.69) is 4.99 Å². The Hall–Kier alpha value is -5.26. The zero-order valence-electron chi connectivity index (χ0n) is 22.7. The highest BCUT2D eigenvalue weighted by Crippen LogP contribution is 2.35. The number of aliphatic hydroxyl groups is 1. The first-order valence-electron chi connectivity index (χ1n) is 12.5. The molecular weight excluding hydrogens is 538 g/mol. The van der Waals surface area contributed by atoms with Crippen LogP contribution in [0, 0.1) is 0 Å². The lowest BCUT2D eigenvalue weighted by Gasteiger charge is -2.05. The lowest BCUT2D eigenvalue weighted by Crippen LogP contribution is -2.16. The molecule has 0 aliphatic carbocycles. The molecule has 1 N–H and O–H groups in total. The van der Waals surface area contributed by atoms with E-state index >= 15 is 0 Å². The molecule has 4 rings (SSSR count). The third-order valence-electron chi connectivity index (χ3n) is 5.06. The molecular formula is C29H29NO11. The molecule has 0 unspecified atom stereocenters. The fraction of sp³-hybridized carbons (Fsp3) is 0.241. The van der Waals surface area contributed by atoms with Crippen LogP contribution in [0.3, 0.4) is 0 Å². The van der Waals surface area contributed by atoms with Crippen molar-refractivity contribution in [2.45, 2.75) is 20.8 Å². The number of fused-ring (bicyclic) bond motifs is 1. The first-order valence-corrected chi connectivity index (χ1v) is 12.5. The van der Waals surface area contributed by atoms with Crippen LogP contribution in [0.5, 0.6) is 11.5 Å². The van der Waals surface area contributed by atoms with Gasteiger partial charge in [-0.15, -0.1) is 0 Å². The highest BCUT2D eigenvalue weighted by Gasteiger charge is 2.24. The Labute approximate surface area is 235 Å². The fourth-order valence-electron chi connectivity index (χ4n) is 3.18. The topological polar surface area (TPSA) is 156 Å². The maximum atomic E-state index is 12.1. The summed E-state index contributed by atoms with van der Waals surface area (Å²) in [7, 11) is 0. The summed E-state index contributed by atoms with van der Waals surface area (Å²) in [6.07, 6.45) is 5.08. The number of aliphatic imine (C=N–C) groups is 1. The maximum Gasteiger partial charge on any atom is 0.345 e. The molecule has 41 heavy (non-hydrogen) atoms. The Morgan fingerprint density at radius 3 is 2.17 bits per heavy atom. The van der Waals surface area contributed by atoms with Crippen LogP contribution in [0.15, 0.2) is 86.2 Å². The summed E-state index contributed by atoms with van der Waals surface area (Å²) in [6.45, 7) is 5.96. The molecule has 0 saturated heterocycles. The number of aliphatic hydroxyl groups excluding tert-OH is 1. The van der Waals surface area contributed by atoms with Crippen LogP contribution in [0.1, 0.15) is 37.1 Å². The number of benzene rings is 1. The van der Waals surface area contributed by atoms with Gasteiger partial charge in [-0.2, -0.15) is 0 Å². The Balaban J connectivity index is 0.000000241. The average molecular weight is 568 g/mol. The van der Waals surface area contributed by atoms with Gasteiger partial charge in [0.25, 0.3) is 0 Å². The summed E-state index contributed by atoms with van der Waals surface area (Å²) in [5.41, 5.74) is 0.251. The second kappa shape index (κ2) is 15.4. The number of carbonyl (C=O) groups is 3. The van der Waals surface area contributed by atoms with Crippen LogP contribution in [0.4, 0.5) is 5.69 Å². The Bertz CT molecular complexity index is 1400. The lowest BCUT2D eigenvalue weighted by atomic mass is 10.1. The molecule has 12 nitrogen and oxygen atoms in total. The molecule has 216 valence electrons. The highest BCUT2D eigenvalue weighted by atomic mass is 16.7. The van der Waals surface area contributed by atoms with Crippen LogP contribution in [-0.2, 0) is 23.8 Å². The molecule has 3 heterocycles. The number of ether oxygens (including phenoxy) is 5. The predicted octanol–water partition coefficient (Wildman–Crippen LogP) is 5.19. The van der Waals surface area contributed by atoms with E-state index in [9.17, 15) is 19.5 Å². The predicted molar refractivity (Wildman–Crippen MR) is 145 cm³/mol. The summed E-state index contributed by atoms with van der Waals surface area (Å²) in [6, 6.07) is 11.3. The SMILES string of the molecule is CCOC(=O)C(C=Nc1ccc2c(c1)OCO2)=C(O)c1ccco1.CCOC=C(C(=O)OCC)C(=O)c1ccco1. The van der Waals surface area contributed by atoms with E-state index in [0.29, 0.717) is 23.8 Å². The zero-order valence-corrected chi connectivity index (χ0v) is 22.7. The number of ketones is 1. The summed E-state index contributed by atoms with van der Waals surface area (Å²) in [4.78, 5) is 39.7. The van der Waals surface area contributed by atoms with E-state index in [1.807, 2.05) is 0 Å². The van der Waals surface area contributed by atoms with Crippen molar-refractivity contribution in [2.75, 3.05) is 26.6 Å². The summed E-state index contributed by atoms with van der Waals surface area (Å²) in [5, 5.41) is 10.2. The lowest BCUT2D eigenvalue weighted by molar-refractivity contribution is -0.139. The van der Waals surface area contributed by atoms with Gasteiger partial charge < -0.3 is 37.6 Å². The summed E-state index contributed by atoms with van der Waals surface area (Å²) < 4.78 is 35.2. The Morgan fingerprint density at radius 2 is 1.54 bits per heavy atom. The molecule has 1 aromatic carbocycles. The van der Waals surface area contributed by atoms with Crippen molar-refractivity contribution in [3.05, 3.63) is 83.9 Å². The highest BCUT2D eigenvalue weighted by molar-refractivity contribution is 6.23. The fourth-order valence-corrected chi connectivity index (χ4v) is 3.18. The van der Waals surface area contributed by atoms with Gasteiger partial charge in [0.2, 0.25) is 12.6 Å². The van der Waals surface area contributed by atoms with Gasteiger partial charge in [-0.25, -0.2) is 9.59 Å². The minimum atomic E-state index is -0.720. The molecule has 0 fully saturated rings. The van der Waals surface area contributed by atoms with E-state index in [1.54, 1.807) is 51.1 Å². The number of hydrogen-bond donors (Lipinski definition) is 1. The number of nitrogens with zero attached hydrogens (tertiary/aromatic N) is 1. The zero-order chi connectivity index (χ0) is 29.6. The van der Waals surface area contributed by atoms with Crippen LogP contribution in [-0.4, -0.2) is 55.7 Å². The van der Waals surface area contributed by atoms with Crippen LogP contribution < -0.4 is 9.47 Å². The molecule has 0 radical (unpaired) electrons. The first kappa shape index (κ1) is 30.3. The molecule has 2 aromatic heterocycles. The number of Topliss-reactive ketones (excluding diaryl/α,β-unsaturated/α-hetero) is 1. The molecule has 0 bridgehead atoms. The second-order valence-corrected chi connectivity index (χ2v) is 7.77. The van der Waals surface area contributed by atoms with Gasteiger partial charge in [-0.1, -0.05) is 0 Å². The summed E-state index contributed by atoms with van der Waals surface area (Å²) in [5.74, 6) is -0.891. The second-order valence-electron chi connectivity index (χ2n) is 7.77. The van der Waals surface area contributed by atoms with Gasteiger partial charge in [0.05, 0.1) is 38.0 Å². The standard InChI is InChI=1S/C17H15NO6.C12H14O5/c1-2-21-17(20)12(16(19)14-4-3-7-22-14)9-18-11-5-6-13-15(8-11)24-10-23-13;1-3-15-8-9(12(14)16-4-2)11(13)10-6-5-7-17-10/h3-9,19H,2,10H2,1H3;5-8H,3-4H2,1-2H3. The smallest absolute Gasteiger partial charge is 0.345 e. The van der Waals surface area contributed by atoms with Gasteiger partial charge in [0.15, 0.2) is 28.8 Å². The molecule has 3 aromatic rings. The molecule has 1 aliphatic heterocycles. The van der Waals surface area contributed by atoms with Crippen LogP contribution in [0.2, 0.25) is 0 Å². The van der Waals surface area contributed by atoms with Crippen molar-refractivity contribution in [3.8, 4) is 11.5 Å². The third-order valence-corrected chi connectivity index (χ3v) is 5.06. The Kier molecular flexibility index (Phi) is 11.3. The van der Waals surface area contributed by atoms with Crippen molar-refractivity contribution in [1.29, 1.82) is 0 Å². The van der Waals surface area contributed by atoms with Crippen molar-refractivity contribution in [3.63, 3.8) is 0 Å². The summed E-state index contributed by atoms with van der Waals surface area (Å²) >= 11 is 0. The van der Waals surface area contributed by atoms with E-state index in [-0.39, 0.29) is 48.4 Å². The average Bonchev–Trinajstić information content (AvgIpc) is 3.76. The number of hydrogen-bond acceptors (Lipinski definition) is 12. The normalized spacial score (nSPS) is 12.7. The van der Waals surface area contributed by atoms with Gasteiger partial charge in [0, 0.05) is 12.3 Å². The van der Waals surface area contributed by atoms with Gasteiger partial charge >= 0.3 is 11.9 Å². The minimum Gasteiger partial charge on any atom is -0.504 e. The van der Waals surface area contributed by atoms with E-state index in [0.717, 1.165) is 6.26 Å². The van der Waals surface area contributed by atoms with E-state index in [4.69, 9.17) is 32.5 Å². The molecule has 0 saturated carbocycles. The van der Waals surface area contributed by atoms with Gasteiger partial charge in [-0.05, 0) is 57.2 Å². The van der Waals surface area contributed by atoms with Crippen molar-refractivity contribution < 1.29 is 52.0 Å². The number of rotatable bonds is 11. The van der Waals surface area contributed by atoms with Crippen LogP contribution in [0.25, 0.3) is 5.76 Å². The first-order chi connectivity index (χ1) is 19.9. The third kappa shape index (κ3) is 8.36. The largest absolute Gasteiger partial charge is 0.504 e. The maximum absolute atomic E-state index is 12.1. The van der Waals surface area contributed by atoms with Crippen LogP contribution >= 0.6 is 0 Å².